The minimum atomic E-state index is 0.0242. The molecule has 0 aliphatic carbocycles. The van der Waals surface area contributed by atoms with Gasteiger partial charge in [0.05, 0.1) is 0 Å². The zero-order valence-corrected chi connectivity index (χ0v) is 9.85. The number of amidine groups is 1. The van der Waals surface area contributed by atoms with E-state index in [1.165, 1.54) is 0 Å². The summed E-state index contributed by atoms with van der Waals surface area (Å²) in [5, 5.41) is 20.3. The second-order valence-corrected chi connectivity index (χ2v) is 4.09. The van der Waals surface area contributed by atoms with Gasteiger partial charge in [0.1, 0.15) is 5.84 Å². The smallest absolute Gasteiger partial charge is 0.143 e. The molecule has 0 rings (SSSR count). The van der Waals surface area contributed by atoms with Gasteiger partial charge in [0.25, 0.3) is 0 Å². The second kappa shape index (κ2) is 7.48. The molecule has 5 heteroatoms. The van der Waals surface area contributed by atoms with Crippen molar-refractivity contribution in [2.75, 3.05) is 19.7 Å². The van der Waals surface area contributed by atoms with Crippen molar-refractivity contribution >= 4 is 5.84 Å². The number of nitrogens with zero attached hydrogens (tertiary/aromatic N) is 2. The molecule has 0 saturated heterocycles. The van der Waals surface area contributed by atoms with Gasteiger partial charge in [-0.2, -0.15) is 0 Å². The monoisotopic (exact) mass is 217 g/mol. The highest BCUT2D eigenvalue weighted by Gasteiger charge is 2.15. The largest absolute Gasteiger partial charge is 0.409 e. The Morgan fingerprint density at radius 1 is 1.40 bits per heavy atom. The number of nitrogens with two attached hydrogens (primary N) is 1. The lowest BCUT2D eigenvalue weighted by Gasteiger charge is -2.28. The molecule has 0 saturated carbocycles. The van der Waals surface area contributed by atoms with E-state index < -0.39 is 0 Å². The van der Waals surface area contributed by atoms with E-state index in [0.29, 0.717) is 6.04 Å². The summed E-state index contributed by atoms with van der Waals surface area (Å²) < 4.78 is 0. The average molecular weight is 217 g/mol. The van der Waals surface area contributed by atoms with E-state index in [1.54, 1.807) is 0 Å². The molecular formula is C10H23N3O2. The number of hydrogen-bond acceptors (Lipinski definition) is 4. The molecule has 5 nitrogen and oxygen atoms in total. The molecule has 0 fully saturated rings. The van der Waals surface area contributed by atoms with Gasteiger partial charge in [0, 0.05) is 31.7 Å². The van der Waals surface area contributed by atoms with Crippen LogP contribution >= 0.6 is 0 Å². The van der Waals surface area contributed by atoms with Crippen LogP contribution in [-0.2, 0) is 0 Å². The number of rotatable bonds is 7. The summed E-state index contributed by atoms with van der Waals surface area (Å²) in [4.78, 5) is 2.21. The first kappa shape index (κ1) is 14.2. The summed E-state index contributed by atoms with van der Waals surface area (Å²) in [6.45, 7) is 7.88. The summed E-state index contributed by atoms with van der Waals surface area (Å²) >= 11 is 0. The lowest BCUT2D eigenvalue weighted by molar-refractivity contribution is 0.181. The lowest BCUT2D eigenvalue weighted by Crippen LogP contribution is -2.39. The van der Waals surface area contributed by atoms with Crippen LogP contribution in [0.1, 0.15) is 27.2 Å². The van der Waals surface area contributed by atoms with Crippen molar-refractivity contribution in [2.24, 2.45) is 16.8 Å². The molecular weight excluding hydrogens is 194 g/mol. The molecule has 4 N–H and O–H groups in total. The molecule has 1 atom stereocenters. The fourth-order valence-electron chi connectivity index (χ4n) is 1.38. The predicted molar refractivity (Wildman–Crippen MR) is 61.0 cm³/mol. The van der Waals surface area contributed by atoms with Crippen molar-refractivity contribution in [3.8, 4) is 0 Å². The summed E-state index contributed by atoms with van der Waals surface area (Å²) in [6, 6.07) is 0.394. The first-order chi connectivity index (χ1) is 7.02. The van der Waals surface area contributed by atoms with Crippen LogP contribution in [0, 0.1) is 5.92 Å². The Labute approximate surface area is 91.6 Å². The van der Waals surface area contributed by atoms with Crippen LogP contribution in [0.4, 0.5) is 0 Å². The average Bonchev–Trinajstić information content (AvgIpc) is 2.22. The standard InChI is InChI=1S/C10H23N3O2/c1-8(2)13(5-4-6-14)7-9(3)10(11)12-15/h8-9,14-15H,4-7H2,1-3H3,(H2,11,12). The van der Waals surface area contributed by atoms with Crippen LogP contribution in [0.5, 0.6) is 0 Å². The zero-order chi connectivity index (χ0) is 11.8. The summed E-state index contributed by atoms with van der Waals surface area (Å²) in [6.07, 6.45) is 0.751. The van der Waals surface area contributed by atoms with Gasteiger partial charge in [0.15, 0.2) is 0 Å². The third-order valence-corrected chi connectivity index (χ3v) is 2.46. The third-order valence-electron chi connectivity index (χ3n) is 2.46. The fraction of sp³-hybridized carbons (Fsp3) is 0.900. The van der Waals surface area contributed by atoms with Crippen LogP contribution in [-0.4, -0.2) is 46.8 Å². The van der Waals surface area contributed by atoms with Gasteiger partial charge in [0.2, 0.25) is 0 Å². The number of aliphatic hydroxyl groups excluding tert-OH is 1. The van der Waals surface area contributed by atoms with E-state index in [-0.39, 0.29) is 18.4 Å². The van der Waals surface area contributed by atoms with Gasteiger partial charge >= 0.3 is 0 Å². The molecule has 0 heterocycles. The van der Waals surface area contributed by atoms with Gasteiger partial charge in [-0.25, -0.2) is 0 Å². The highest BCUT2D eigenvalue weighted by molar-refractivity contribution is 5.82. The molecule has 0 radical (unpaired) electrons. The molecule has 0 aliphatic rings. The Morgan fingerprint density at radius 2 is 2.00 bits per heavy atom. The van der Waals surface area contributed by atoms with Crippen LogP contribution in [0.15, 0.2) is 5.16 Å². The van der Waals surface area contributed by atoms with E-state index in [4.69, 9.17) is 16.0 Å². The van der Waals surface area contributed by atoms with Gasteiger partial charge in [-0.15, -0.1) is 0 Å². The van der Waals surface area contributed by atoms with Crippen molar-refractivity contribution in [2.45, 2.75) is 33.2 Å². The molecule has 0 amide bonds. The molecule has 0 bridgehead atoms. The van der Waals surface area contributed by atoms with Crippen molar-refractivity contribution in [3.63, 3.8) is 0 Å². The second-order valence-electron chi connectivity index (χ2n) is 4.09. The Bertz CT molecular complexity index is 195. The summed E-state index contributed by atoms with van der Waals surface area (Å²) in [5.74, 6) is 0.278. The van der Waals surface area contributed by atoms with Gasteiger partial charge < -0.3 is 20.9 Å². The third kappa shape index (κ3) is 5.59. The molecule has 1 unspecified atom stereocenters. The number of hydrogen-bond donors (Lipinski definition) is 3. The number of aliphatic hydroxyl groups is 1. The zero-order valence-electron chi connectivity index (χ0n) is 9.85. The Hall–Kier alpha value is -0.810. The van der Waals surface area contributed by atoms with E-state index in [0.717, 1.165) is 19.5 Å². The van der Waals surface area contributed by atoms with E-state index in [2.05, 4.69) is 23.9 Å². The quantitative estimate of drug-likeness (QED) is 0.250. The lowest BCUT2D eigenvalue weighted by atomic mass is 10.1. The highest BCUT2D eigenvalue weighted by atomic mass is 16.4. The van der Waals surface area contributed by atoms with E-state index in [9.17, 15) is 0 Å². The van der Waals surface area contributed by atoms with Crippen molar-refractivity contribution in [1.82, 2.24) is 4.90 Å². The fourth-order valence-corrected chi connectivity index (χ4v) is 1.38. The minimum Gasteiger partial charge on any atom is -0.409 e. The summed E-state index contributed by atoms with van der Waals surface area (Å²) in [5.41, 5.74) is 5.52. The SMILES string of the molecule is CC(CN(CCCO)C(C)C)C(N)=NO. The number of oxime groups is 1. The normalized spacial score (nSPS) is 14.9. The molecule has 90 valence electrons. The Morgan fingerprint density at radius 3 is 2.40 bits per heavy atom. The minimum absolute atomic E-state index is 0.0242. The predicted octanol–water partition coefficient (Wildman–Crippen LogP) is 0.462. The Kier molecular flexibility index (Phi) is 7.07. The van der Waals surface area contributed by atoms with Crippen molar-refractivity contribution < 1.29 is 10.3 Å². The van der Waals surface area contributed by atoms with Crippen LogP contribution in [0.25, 0.3) is 0 Å². The molecule has 0 aromatic rings. The highest BCUT2D eigenvalue weighted by Crippen LogP contribution is 2.05. The van der Waals surface area contributed by atoms with Gasteiger partial charge in [-0.3, -0.25) is 0 Å². The van der Waals surface area contributed by atoms with Crippen molar-refractivity contribution in [3.05, 3.63) is 0 Å². The van der Waals surface area contributed by atoms with Crippen molar-refractivity contribution in [1.29, 1.82) is 0 Å². The topological polar surface area (TPSA) is 82.1 Å². The van der Waals surface area contributed by atoms with E-state index in [1.807, 2.05) is 6.92 Å². The van der Waals surface area contributed by atoms with Gasteiger partial charge in [-0.1, -0.05) is 12.1 Å². The molecule has 0 aromatic carbocycles. The molecule has 0 spiro atoms. The maximum atomic E-state index is 8.77. The molecule has 0 aliphatic heterocycles. The first-order valence-corrected chi connectivity index (χ1v) is 5.35. The van der Waals surface area contributed by atoms with Crippen LogP contribution in [0.3, 0.4) is 0 Å². The van der Waals surface area contributed by atoms with E-state index >= 15 is 0 Å². The molecule has 0 aromatic heterocycles. The van der Waals surface area contributed by atoms with Crippen LogP contribution < -0.4 is 5.73 Å². The van der Waals surface area contributed by atoms with Gasteiger partial charge in [-0.05, 0) is 20.3 Å². The maximum Gasteiger partial charge on any atom is 0.143 e. The first-order valence-electron chi connectivity index (χ1n) is 5.35. The summed E-state index contributed by atoms with van der Waals surface area (Å²) in [7, 11) is 0. The Balaban J connectivity index is 4.15. The maximum absolute atomic E-state index is 8.77. The molecule has 15 heavy (non-hydrogen) atoms. The van der Waals surface area contributed by atoms with Crippen LogP contribution in [0.2, 0.25) is 0 Å².